The number of hydrogen-bond acceptors (Lipinski definition) is 1. The van der Waals surface area contributed by atoms with Gasteiger partial charge in [0, 0.05) is 11.1 Å². The van der Waals surface area contributed by atoms with Gasteiger partial charge >= 0.3 is 0 Å². The van der Waals surface area contributed by atoms with Gasteiger partial charge in [0.05, 0.1) is 0 Å². The number of hydrogen-bond donors (Lipinski definition) is 1. The van der Waals surface area contributed by atoms with E-state index in [0.717, 1.165) is 29.2 Å². The van der Waals surface area contributed by atoms with E-state index in [1.807, 2.05) is 12.1 Å². The van der Waals surface area contributed by atoms with Gasteiger partial charge in [-0.25, -0.2) is 0 Å². The van der Waals surface area contributed by atoms with Crippen LogP contribution in [0.4, 0.5) is 0 Å². The highest BCUT2D eigenvalue weighted by Crippen LogP contribution is 2.55. The van der Waals surface area contributed by atoms with Crippen LogP contribution in [0, 0.1) is 17.8 Å². The van der Waals surface area contributed by atoms with Crippen LogP contribution < -0.4 is 5.73 Å². The van der Waals surface area contributed by atoms with Crippen LogP contribution in [0.3, 0.4) is 0 Å². The molecule has 0 radical (unpaired) electrons. The predicted molar refractivity (Wildman–Crippen MR) is 67.5 cm³/mol. The number of rotatable bonds is 3. The Balaban J connectivity index is 1.59. The Labute approximate surface area is 102 Å². The smallest absolute Gasteiger partial charge is 0.0406 e. The molecular weight excluding hydrogens is 218 g/mol. The monoisotopic (exact) mass is 235 g/mol. The maximum atomic E-state index is 6.30. The topological polar surface area (TPSA) is 26.0 Å². The van der Waals surface area contributed by atoms with Crippen LogP contribution in [-0.4, -0.2) is 6.04 Å². The zero-order valence-corrected chi connectivity index (χ0v) is 10.2. The Morgan fingerprint density at radius 3 is 2.38 bits per heavy atom. The van der Waals surface area contributed by atoms with E-state index in [1.54, 1.807) is 0 Å². The lowest BCUT2D eigenvalue weighted by Crippen LogP contribution is -2.31. The van der Waals surface area contributed by atoms with Crippen molar-refractivity contribution < 1.29 is 0 Å². The maximum Gasteiger partial charge on any atom is 0.0406 e. The van der Waals surface area contributed by atoms with Crippen molar-refractivity contribution >= 4 is 11.6 Å². The van der Waals surface area contributed by atoms with Crippen LogP contribution in [0.1, 0.15) is 24.8 Å². The average molecular weight is 236 g/mol. The Morgan fingerprint density at radius 1 is 1.12 bits per heavy atom. The molecule has 1 nitrogen and oxygen atoms in total. The quantitative estimate of drug-likeness (QED) is 0.855. The average Bonchev–Trinajstić information content (AvgIpc) is 2.89. The third kappa shape index (κ3) is 2.11. The molecule has 2 aliphatic carbocycles. The van der Waals surface area contributed by atoms with Gasteiger partial charge in [0.25, 0.3) is 0 Å². The minimum absolute atomic E-state index is 0.342. The van der Waals surface area contributed by atoms with Crippen molar-refractivity contribution in [3.8, 4) is 0 Å². The lowest BCUT2D eigenvalue weighted by molar-refractivity contribution is 0.392. The summed E-state index contributed by atoms with van der Waals surface area (Å²) in [6.07, 6.45) is 5.23. The van der Waals surface area contributed by atoms with Gasteiger partial charge in [0.1, 0.15) is 0 Å². The van der Waals surface area contributed by atoms with E-state index >= 15 is 0 Å². The van der Waals surface area contributed by atoms with Crippen LogP contribution in [0.25, 0.3) is 0 Å². The minimum Gasteiger partial charge on any atom is -0.327 e. The fraction of sp³-hybridized carbons (Fsp3) is 0.571. The molecule has 0 aliphatic heterocycles. The second-order valence-corrected chi connectivity index (χ2v) is 5.92. The molecule has 16 heavy (non-hydrogen) atoms. The third-order valence-electron chi connectivity index (χ3n) is 4.27. The zero-order chi connectivity index (χ0) is 11.1. The maximum absolute atomic E-state index is 6.30. The lowest BCUT2D eigenvalue weighted by atomic mass is 9.90. The van der Waals surface area contributed by atoms with Gasteiger partial charge in [-0.3, -0.25) is 0 Å². The molecule has 2 N–H and O–H groups in total. The minimum atomic E-state index is 0.342. The second-order valence-electron chi connectivity index (χ2n) is 5.48. The fourth-order valence-electron chi connectivity index (χ4n) is 3.17. The summed E-state index contributed by atoms with van der Waals surface area (Å²) in [5.74, 6) is 2.82. The first-order valence-corrected chi connectivity index (χ1v) is 6.60. The predicted octanol–water partition coefficient (Wildman–Crippen LogP) is 3.26. The summed E-state index contributed by atoms with van der Waals surface area (Å²) in [6.45, 7) is 0. The second kappa shape index (κ2) is 4.05. The number of halogens is 1. The summed E-state index contributed by atoms with van der Waals surface area (Å²) in [6, 6.07) is 8.44. The van der Waals surface area contributed by atoms with E-state index in [0.29, 0.717) is 6.04 Å². The first-order chi connectivity index (χ1) is 7.72. The highest BCUT2D eigenvalue weighted by Gasteiger charge is 2.47. The van der Waals surface area contributed by atoms with Crippen molar-refractivity contribution in [2.75, 3.05) is 0 Å². The van der Waals surface area contributed by atoms with Crippen molar-refractivity contribution in [1.82, 2.24) is 0 Å². The van der Waals surface area contributed by atoms with E-state index in [2.05, 4.69) is 12.1 Å². The highest BCUT2D eigenvalue weighted by molar-refractivity contribution is 6.30. The Kier molecular flexibility index (Phi) is 2.68. The molecule has 1 aromatic rings. The molecule has 2 saturated carbocycles. The van der Waals surface area contributed by atoms with E-state index < -0.39 is 0 Å². The van der Waals surface area contributed by atoms with E-state index in [4.69, 9.17) is 17.3 Å². The van der Waals surface area contributed by atoms with Gasteiger partial charge in [-0.05, 0) is 61.1 Å². The summed E-state index contributed by atoms with van der Waals surface area (Å²) in [5, 5.41) is 0.805. The Hall–Kier alpha value is -0.530. The highest BCUT2D eigenvalue weighted by atomic mass is 35.5. The molecule has 86 valence electrons. The van der Waals surface area contributed by atoms with Gasteiger partial charge < -0.3 is 5.73 Å². The summed E-state index contributed by atoms with van der Waals surface area (Å²) in [5.41, 5.74) is 7.62. The third-order valence-corrected chi connectivity index (χ3v) is 4.52. The summed E-state index contributed by atoms with van der Waals surface area (Å²) >= 11 is 5.87. The summed E-state index contributed by atoms with van der Waals surface area (Å²) in [7, 11) is 0. The molecule has 0 saturated heterocycles. The molecule has 3 unspecified atom stereocenters. The summed E-state index contributed by atoms with van der Waals surface area (Å²) in [4.78, 5) is 0. The summed E-state index contributed by atoms with van der Waals surface area (Å²) < 4.78 is 0. The van der Waals surface area contributed by atoms with Crippen LogP contribution in [-0.2, 0) is 6.42 Å². The van der Waals surface area contributed by atoms with Crippen molar-refractivity contribution in [3.63, 3.8) is 0 Å². The van der Waals surface area contributed by atoms with Crippen LogP contribution >= 0.6 is 11.6 Å². The zero-order valence-electron chi connectivity index (χ0n) is 9.40. The fourth-order valence-corrected chi connectivity index (χ4v) is 3.30. The SMILES string of the molecule is NC(Cc1ccc(Cl)cc1)C1CC2CC2C1. The molecule has 0 spiro atoms. The van der Waals surface area contributed by atoms with Crippen LogP contribution in [0.2, 0.25) is 5.02 Å². The van der Waals surface area contributed by atoms with Crippen molar-refractivity contribution in [2.45, 2.75) is 31.7 Å². The molecular formula is C14H18ClN. The lowest BCUT2D eigenvalue weighted by Gasteiger charge is -2.20. The molecule has 0 heterocycles. The molecule has 1 aromatic carbocycles. The van der Waals surface area contributed by atoms with Gasteiger partial charge in [0.2, 0.25) is 0 Å². The van der Waals surface area contributed by atoms with Crippen molar-refractivity contribution in [3.05, 3.63) is 34.9 Å². The van der Waals surface area contributed by atoms with Crippen LogP contribution in [0.5, 0.6) is 0 Å². The Bertz CT molecular complexity index is 363. The number of fused-ring (bicyclic) bond motifs is 1. The molecule has 0 amide bonds. The number of benzene rings is 1. The first-order valence-electron chi connectivity index (χ1n) is 6.22. The molecule has 2 aliphatic rings. The molecule has 0 bridgehead atoms. The van der Waals surface area contributed by atoms with Gasteiger partial charge in [-0.15, -0.1) is 0 Å². The largest absolute Gasteiger partial charge is 0.327 e. The van der Waals surface area contributed by atoms with Gasteiger partial charge in [-0.2, -0.15) is 0 Å². The van der Waals surface area contributed by atoms with Crippen molar-refractivity contribution in [2.24, 2.45) is 23.5 Å². The standard InChI is InChI=1S/C14H18ClN/c15-13-3-1-9(2-4-13)5-14(16)12-7-10-6-11(10)8-12/h1-4,10-12,14H,5-8,16H2. The van der Waals surface area contributed by atoms with Crippen LogP contribution in [0.15, 0.2) is 24.3 Å². The van der Waals surface area contributed by atoms with Crippen molar-refractivity contribution in [1.29, 1.82) is 0 Å². The first kappa shape index (κ1) is 10.6. The molecule has 3 atom stereocenters. The molecule has 2 fully saturated rings. The molecule has 2 heteroatoms. The van der Waals surface area contributed by atoms with Gasteiger partial charge in [0.15, 0.2) is 0 Å². The normalized spacial score (nSPS) is 33.5. The van der Waals surface area contributed by atoms with E-state index in [9.17, 15) is 0 Å². The molecule has 0 aromatic heterocycles. The molecule has 3 rings (SSSR count). The number of nitrogens with two attached hydrogens (primary N) is 1. The Morgan fingerprint density at radius 2 is 1.75 bits per heavy atom. The van der Waals surface area contributed by atoms with Gasteiger partial charge in [-0.1, -0.05) is 23.7 Å². The van der Waals surface area contributed by atoms with E-state index in [1.165, 1.54) is 24.8 Å². The van der Waals surface area contributed by atoms with E-state index in [-0.39, 0.29) is 0 Å².